The molecule has 0 spiro atoms. The maximum Gasteiger partial charge on any atom is 0.316 e. The molecule has 0 radical (unpaired) electrons. The van der Waals surface area contributed by atoms with E-state index in [9.17, 15) is 19.7 Å². The highest BCUT2D eigenvalue weighted by Crippen LogP contribution is 2.27. The summed E-state index contributed by atoms with van der Waals surface area (Å²) in [6, 6.07) is 9.77. The number of nitro benzene ring substituents is 1. The number of halogens is 1. The first-order chi connectivity index (χ1) is 15.2. The van der Waals surface area contributed by atoms with Crippen molar-refractivity contribution in [3.63, 3.8) is 0 Å². The molecule has 0 aliphatic carbocycles. The predicted molar refractivity (Wildman–Crippen MR) is 120 cm³/mol. The summed E-state index contributed by atoms with van der Waals surface area (Å²) in [5.74, 6) is -1.30. The van der Waals surface area contributed by atoms with Crippen LogP contribution in [0, 0.1) is 24.0 Å². The van der Waals surface area contributed by atoms with Crippen LogP contribution in [0.2, 0.25) is 0 Å². The second kappa shape index (κ2) is 10.3. The van der Waals surface area contributed by atoms with Crippen LogP contribution < -0.4 is 5.32 Å². The van der Waals surface area contributed by atoms with Crippen LogP contribution in [-0.2, 0) is 14.3 Å². The number of anilines is 1. The van der Waals surface area contributed by atoms with Gasteiger partial charge in [-0.3, -0.25) is 19.7 Å². The van der Waals surface area contributed by atoms with Gasteiger partial charge in [-0.05, 0) is 63.5 Å². The number of amides is 1. The number of nitrogens with zero attached hydrogens (tertiary/aromatic N) is 5. The number of rotatable bonds is 8. The number of benzene rings is 2. The van der Waals surface area contributed by atoms with E-state index in [0.717, 1.165) is 28.6 Å². The van der Waals surface area contributed by atoms with Gasteiger partial charge in [-0.15, -0.1) is 5.10 Å². The summed E-state index contributed by atoms with van der Waals surface area (Å²) in [7, 11) is 0. The first kappa shape index (κ1) is 23.3. The van der Waals surface area contributed by atoms with Crippen LogP contribution in [0.3, 0.4) is 0 Å². The number of carbonyl (C=O) groups excluding carboxylic acids is 2. The summed E-state index contributed by atoms with van der Waals surface area (Å²) in [6.07, 6.45) is 0. The van der Waals surface area contributed by atoms with Crippen LogP contribution >= 0.6 is 27.7 Å². The monoisotopic (exact) mass is 520 g/mol. The number of carbonyl (C=O) groups is 2. The smallest absolute Gasteiger partial charge is 0.316 e. The number of nitrogens with one attached hydrogen (secondary N) is 1. The largest absolute Gasteiger partial charge is 0.455 e. The van der Waals surface area contributed by atoms with Crippen molar-refractivity contribution in [3.05, 3.63) is 62.1 Å². The molecule has 0 bridgehead atoms. The molecule has 166 valence electrons. The van der Waals surface area contributed by atoms with Crippen molar-refractivity contribution in [2.75, 3.05) is 17.7 Å². The fourth-order valence-corrected chi connectivity index (χ4v) is 3.73. The van der Waals surface area contributed by atoms with Gasteiger partial charge in [0, 0.05) is 16.6 Å². The van der Waals surface area contributed by atoms with Gasteiger partial charge >= 0.3 is 5.97 Å². The normalized spacial score (nSPS) is 10.6. The zero-order valence-corrected chi connectivity index (χ0v) is 19.3. The minimum absolute atomic E-state index is 0.0975. The third-order valence-corrected chi connectivity index (χ3v) is 5.70. The van der Waals surface area contributed by atoms with Gasteiger partial charge in [0.25, 0.3) is 11.6 Å². The maximum absolute atomic E-state index is 12.1. The molecule has 1 aromatic heterocycles. The average molecular weight is 521 g/mol. The van der Waals surface area contributed by atoms with E-state index in [1.165, 1.54) is 18.2 Å². The van der Waals surface area contributed by atoms with Gasteiger partial charge in [-0.1, -0.05) is 23.9 Å². The lowest BCUT2D eigenvalue weighted by Gasteiger charge is -2.09. The molecule has 0 saturated carbocycles. The van der Waals surface area contributed by atoms with Crippen molar-refractivity contribution in [3.8, 4) is 5.69 Å². The van der Waals surface area contributed by atoms with E-state index < -0.39 is 23.4 Å². The topological polar surface area (TPSA) is 142 Å². The third-order valence-electron chi connectivity index (χ3n) is 4.15. The molecule has 1 N–H and O–H groups in total. The Bertz CT molecular complexity index is 1180. The number of hydrogen-bond donors (Lipinski definition) is 1. The standard InChI is InChI=1S/C19H17BrN6O5S/c1-11-3-4-12(2)16(7-11)25-19(22-23-24-25)32-10-18(28)31-9-17(27)21-15-6-5-13(26(29)30)8-14(15)20/h3-8H,9-10H2,1-2H3,(H,21,27). The van der Waals surface area contributed by atoms with Gasteiger partial charge in [-0.2, -0.15) is 4.68 Å². The maximum atomic E-state index is 12.1. The molecule has 2 aromatic carbocycles. The lowest BCUT2D eigenvalue weighted by Crippen LogP contribution is -2.22. The Labute approximate surface area is 194 Å². The van der Waals surface area contributed by atoms with E-state index in [0.29, 0.717) is 15.3 Å². The minimum Gasteiger partial charge on any atom is -0.455 e. The van der Waals surface area contributed by atoms with Crippen molar-refractivity contribution in [2.45, 2.75) is 19.0 Å². The Hall–Kier alpha value is -3.32. The Balaban J connectivity index is 1.52. The molecule has 13 heteroatoms. The number of esters is 1. The molecule has 0 aliphatic heterocycles. The molecular formula is C19H17BrN6O5S. The van der Waals surface area contributed by atoms with Gasteiger partial charge in [0.15, 0.2) is 6.61 Å². The van der Waals surface area contributed by atoms with E-state index >= 15 is 0 Å². The van der Waals surface area contributed by atoms with E-state index in [-0.39, 0.29) is 11.4 Å². The first-order valence-corrected chi connectivity index (χ1v) is 10.9. The van der Waals surface area contributed by atoms with Crippen LogP contribution in [0.1, 0.15) is 11.1 Å². The molecule has 3 rings (SSSR count). The number of aryl methyl sites for hydroxylation is 2. The molecule has 0 saturated heterocycles. The van der Waals surface area contributed by atoms with Crippen LogP contribution in [0.5, 0.6) is 0 Å². The Morgan fingerprint density at radius 1 is 1.25 bits per heavy atom. The van der Waals surface area contributed by atoms with E-state index in [4.69, 9.17) is 4.74 Å². The fraction of sp³-hybridized carbons (Fsp3) is 0.211. The van der Waals surface area contributed by atoms with E-state index in [1.807, 2.05) is 32.0 Å². The highest BCUT2D eigenvalue weighted by atomic mass is 79.9. The number of thioether (sulfide) groups is 1. The fourth-order valence-electron chi connectivity index (χ4n) is 2.58. The number of hydrogen-bond acceptors (Lipinski definition) is 9. The summed E-state index contributed by atoms with van der Waals surface area (Å²) < 4.78 is 6.87. The highest BCUT2D eigenvalue weighted by Gasteiger charge is 2.16. The number of aromatic nitrogens is 4. The predicted octanol–water partition coefficient (Wildman–Crippen LogP) is 3.22. The Morgan fingerprint density at radius 2 is 2.03 bits per heavy atom. The molecule has 3 aromatic rings. The second-order valence-corrected chi connectivity index (χ2v) is 8.38. The number of tetrazole rings is 1. The molecule has 32 heavy (non-hydrogen) atoms. The Kier molecular flexibility index (Phi) is 7.53. The zero-order chi connectivity index (χ0) is 23.3. The molecule has 0 fully saturated rings. The van der Waals surface area contributed by atoms with Gasteiger partial charge in [0.05, 0.1) is 22.1 Å². The highest BCUT2D eigenvalue weighted by molar-refractivity contribution is 9.10. The lowest BCUT2D eigenvalue weighted by atomic mass is 10.1. The Morgan fingerprint density at radius 3 is 2.75 bits per heavy atom. The molecule has 11 nitrogen and oxygen atoms in total. The molecule has 0 unspecified atom stereocenters. The summed E-state index contributed by atoms with van der Waals surface area (Å²) in [6.45, 7) is 3.38. The third kappa shape index (κ3) is 5.88. The molecule has 1 heterocycles. The van der Waals surface area contributed by atoms with Crippen LogP contribution in [0.25, 0.3) is 5.69 Å². The van der Waals surface area contributed by atoms with Gasteiger partial charge in [0.2, 0.25) is 5.16 Å². The SMILES string of the molecule is Cc1ccc(C)c(-n2nnnc2SCC(=O)OCC(=O)Nc2ccc([N+](=O)[O-])cc2Br)c1. The molecule has 0 aliphatic rings. The number of nitro groups is 1. The van der Waals surface area contributed by atoms with Crippen molar-refractivity contribution >= 4 is 50.9 Å². The minimum atomic E-state index is -0.622. The lowest BCUT2D eigenvalue weighted by molar-refractivity contribution is -0.384. The van der Waals surface area contributed by atoms with Crippen molar-refractivity contribution in [2.24, 2.45) is 0 Å². The summed E-state index contributed by atoms with van der Waals surface area (Å²) in [4.78, 5) is 34.3. The summed E-state index contributed by atoms with van der Waals surface area (Å²) in [5, 5.41) is 25.3. The van der Waals surface area contributed by atoms with E-state index in [2.05, 4.69) is 36.8 Å². The van der Waals surface area contributed by atoms with Gasteiger partial charge in [0.1, 0.15) is 0 Å². The number of non-ortho nitro benzene ring substituents is 1. The molecule has 1 amide bonds. The number of ether oxygens (including phenoxy) is 1. The molecular weight excluding hydrogens is 504 g/mol. The summed E-state index contributed by atoms with van der Waals surface area (Å²) >= 11 is 4.24. The van der Waals surface area contributed by atoms with Crippen molar-refractivity contribution in [1.82, 2.24) is 20.2 Å². The first-order valence-electron chi connectivity index (χ1n) is 9.13. The second-order valence-electron chi connectivity index (χ2n) is 6.58. The van der Waals surface area contributed by atoms with Gasteiger partial charge in [-0.25, -0.2) is 0 Å². The van der Waals surface area contributed by atoms with Crippen LogP contribution in [0.4, 0.5) is 11.4 Å². The quantitative estimate of drug-likeness (QED) is 0.205. The summed E-state index contributed by atoms with van der Waals surface area (Å²) in [5.41, 5.74) is 3.02. The van der Waals surface area contributed by atoms with Crippen molar-refractivity contribution in [1.29, 1.82) is 0 Å². The molecule has 0 atom stereocenters. The van der Waals surface area contributed by atoms with Crippen molar-refractivity contribution < 1.29 is 19.2 Å². The van der Waals surface area contributed by atoms with Gasteiger partial charge < -0.3 is 10.1 Å². The van der Waals surface area contributed by atoms with Crippen LogP contribution in [-0.4, -0.2) is 49.4 Å². The average Bonchev–Trinajstić information content (AvgIpc) is 3.22. The van der Waals surface area contributed by atoms with Crippen LogP contribution in [0.15, 0.2) is 46.0 Å². The van der Waals surface area contributed by atoms with E-state index in [1.54, 1.807) is 4.68 Å². The zero-order valence-electron chi connectivity index (χ0n) is 16.9.